The predicted octanol–water partition coefficient (Wildman–Crippen LogP) is 2.76. The number of halogens is 3. The van der Waals surface area contributed by atoms with E-state index in [0.29, 0.717) is 33.0 Å². The van der Waals surface area contributed by atoms with Crippen LogP contribution in [0.25, 0.3) is 11.1 Å². The minimum absolute atomic E-state index is 0.328. The van der Waals surface area contributed by atoms with E-state index in [1.54, 1.807) is 24.5 Å². The summed E-state index contributed by atoms with van der Waals surface area (Å²) in [5, 5.41) is 10.3. The Hall–Kier alpha value is -0.890. The molecule has 0 aliphatic rings. The molecule has 2 aromatic rings. The molecule has 0 saturated heterocycles. The van der Waals surface area contributed by atoms with Crippen molar-refractivity contribution in [3.63, 3.8) is 0 Å². The van der Waals surface area contributed by atoms with Crippen LogP contribution in [0.4, 0.5) is 5.82 Å². The zero-order chi connectivity index (χ0) is 14.9. The standard InChI is InChI=1S/C13H11Cl2IN4/c1-19-13(18)10-3-2-7(12(17)20-10)8-4-6(16)5-9(14)11(8)15/h2-5H,1H3,(H2,17,20)(H2,18,19)/p+1. The first-order valence-corrected chi connectivity index (χ1v) is 7.57. The van der Waals surface area contributed by atoms with Gasteiger partial charge in [-0.2, -0.15) is 0 Å². The number of benzene rings is 1. The fourth-order valence-corrected chi connectivity index (χ4v) is 2.99. The molecule has 0 bridgehead atoms. The summed E-state index contributed by atoms with van der Waals surface area (Å²) in [6, 6.07) is 7.24. The van der Waals surface area contributed by atoms with E-state index in [2.05, 4.69) is 27.6 Å². The molecule has 1 aromatic heterocycles. The van der Waals surface area contributed by atoms with E-state index in [1.807, 2.05) is 12.1 Å². The van der Waals surface area contributed by atoms with E-state index in [1.165, 1.54) is 0 Å². The first kappa shape index (κ1) is 15.5. The Balaban J connectivity index is 2.57. The van der Waals surface area contributed by atoms with E-state index >= 15 is 0 Å². The van der Waals surface area contributed by atoms with Crippen molar-refractivity contribution in [3.05, 3.63) is 43.6 Å². The van der Waals surface area contributed by atoms with Gasteiger partial charge in [0.25, 0.3) is 0 Å². The smallest absolute Gasteiger partial charge is 0.242 e. The molecule has 0 radical (unpaired) electrons. The Kier molecular flexibility index (Phi) is 4.85. The van der Waals surface area contributed by atoms with Crippen molar-refractivity contribution in [2.24, 2.45) is 0 Å². The zero-order valence-corrected chi connectivity index (χ0v) is 14.2. The molecule has 20 heavy (non-hydrogen) atoms. The molecule has 0 amide bonds. The maximum absolute atomic E-state index is 7.74. The summed E-state index contributed by atoms with van der Waals surface area (Å²) in [5.74, 6) is 0.657. The van der Waals surface area contributed by atoms with Crippen molar-refractivity contribution in [1.82, 2.24) is 4.98 Å². The Morgan fingerprint density at radius 3 is 2.60 bits per heavy atom. The second-order valence-corrected chi connectivity index (χ2v) is 6.11. The van der Waals surface area contributed by atoms with Gasteiger partial charge in [-0.1, -0.05) is 23.2 Å². The van der Waals surface area contributed by atoms with Gasteiger partial charge in [-0.15, -0.1) is 0 Å². The van der Waals surface area contributed by atoms with E-state index in [0.717, 1.165) is 9.13 Å². The van der Waals surface area contributed by atoms with E-state index in [9.17, 15) is 0 Å². The molecule has 2 rings (SSSR count). The van der Waals surface area contributed by atoms with Crippen LogP contribution in [0, 0.1) is 8.98 Å². The minimum Gasteiger partial charge on any atom is -0.383 e. The molecule has 0 atom stereocenters. The van der Waals surface area contributed by atoms with Crippen molar-refractivity contribution in [2.45, 2.75) is 0 Å². The first-order chi connectivity index (χ1) is 9.43. The van der Waals surface area contributed by atoms with Gasteiger partial charge in [-0.05, 0) is 46.9 Å². The lowest BCUT2D eigenvalue weighted by Crippen LogP contribution is -2.84. The molecule has 1 aromatic carbocycles. The van der Waals surface area contributed by atoms with Crippen LogP contribution in [-0.2, 0) is 0 Å². The van der Waals surface area contributed by atoms with Crippen LogP contribution in [0.1, 0.15) is 5.69 Å². The summed E-state index contributed by atoms with van der Waals surface area (Å²) >= 11 is 14.5. The number of anilines is 1. The molecule has 0 aliphatic heterocycles. The van der Waals surface area contributed by atoms with Gasteiger partial charge >= 0.3 is 0 Å². The third-order valence-electron chi connectivity index (χ3n) is 2.77. The molecule has 5 N–H and O–H groups in total. The van der Waals surface area contributed by atoms with Gasteiger partial charge in [0.05, 0.1) is 17.1 Å². The van der Waals surface area contributed by atoms with Gasteiger partial charge in [-0.25, -0.2) is 10.4 Å². The number of aromatic nitrogens is 1. The van der Waals surface area contributed by atoms with Gasteiger partial charge in [0.15, 0.2) is 0 Å². The lowest BCUT2D eigenvalue weighted by molar-refractivity contribution is -0.506. The van der Waals surface area contributed by atoms with Gasteiger partial charge in [0.1, 0.15) is 11.5 Å². The Labute approximate surface area is 140 Å². The Bertz CT molecular complexity index is 688. The van der Waals surface area contributed by atoms with Crippen LogP contribution >= 0.6 is 45.8 Å². The molecule has 0 fully saturated rings. The maximum atomic E-state index is 7.74. The van der Waals surface area contributed by atoms with E-state index in [4.69, 9.17) is 34.3 Å². The molecule has 4 nitrogen and oxygen atoms in total. The summed E-state index contributed by atoms with van der Waals surface area (Å²) in [6.45, 7) is 0. The largest absolute Gasteiger partial charge is 0.383 e. The summed E-state index contributed by atoms with van der Waals surface area (Å²) in [6.07, 6.45) is 0. The molecule has 7 heteroatoms. The highest BCUT2D eigenvalue weighted by Crippen LogP contribution is 2.37. The number of hydrogen-bond donors (Lipinski definition) is 3. The Morgan fingerprint density at radius 2 is 2.00 bits per heavy atom. The highest BCUT2D eigenvalue weighted by molar-refractivity contribution is 14.1. The summed E-state index contributed by atoms with van der Waals surface area (Å²) < 4.78 is 0.963. The monoisotopic (exact) mass is 421 g/mol. The summed E-state index contributed by atoms with van der Waals surface area (Å²) in [4.78, 5) is 4.24. The number of hydrogen-bond acceptors (Lipinski definition) is 3. The number of amidine groups is 1. The quantitative estimate of drug-likeness (QED) is 0.301. The Morgan fingerprint density at radius 1 is 1.30 bits per heavy atom. The summed E-state index contributed by atoms with van der Waals surface area (Å²) in [5.41, 5.74) is 7.97. The van der Waals surface area contributed by atoms with Crippen LogP contribution in [0.3, 0.4) is 0 Å². The maximum Gasteiger partial charge on any atom is 0.242 e. The van der Waals surface area contributed by atoms with E-state index < -0.39 is 0 Å². The van der Waals surface area contributed by atoms with Crippen molar-refractivity contribution >= 4 is 57.4 Å². The fraction of sp³-hybridized carbons (Fsp3) is 0.0769. The minimum atomic E-state index is 0.328. The van der Waals surface area contributed by atoms with Crippen LogP contribution < -0.4 is 11.1 Å². The number of nitrogens with one attached hydrogen (secondary N) is 1. The molecule has 104 valence electrons. The highest BCUT2D eigenvalue weighted by Gasteiger charge is 2.14. The van der Waals surface area contributed by atoms with Crippen molar-refractivity contribution in [1.29, 1.82) is 5.41 Å². The lowest BCUT2D eigenvalue weighted by Gasteiger charge is -2.10. The topological polar surface area (TPSA) is 79.4 Å². The lowest BCUT2D eigenvalue weighted by atomic mass is 10.1. The average molecular weight is 422 g/mol. The first-order valence-electron chi connectivity index (χ1n) is 5.73. The van der Waals surface area contributed by atoms with Crippen LogP contribution in [0.15, 0.2) is 24.3 Å². The van der Waals surface area contributed by atoms with Gasteiger partial charge in [0, 0.05) is 14.7 Å². The molecule has 0 unspecified atom stereocenters. The predicted molar refractivity (Wildman–Crippen MR) is 91.5 cm³/mol. The summed E-state index contributed by atoms with van der Waals surface area (Å²) in [7, 11) is 1.78. The van der Waals surface area contributed by atoms with Gasteiger partial charge < -0.3 is 5.73 Å². The molecule has 0 saturated carbocycles. The second-order valence-electron chi connectivity index (χ2n) is 4.08. The van der Waals surface area contributed by atoms with Crippen LogP contribution in [0.5, 0.6) is 0 Å². The van der Waals surface area contributed by atoms with Crippen molar-refractivity contribution < 1.29 is 5.32 Å². The van der Waals surface area contributed by atoms with Crippen LogP contribution in [0.2, 0.25) is 10.0 Å². The number of nitrogens with zero attached hydrogens (tertiary/aromatic N) is 1. The third-order valence-corrected chi connectivity index (χ3v) is 4.20. The molecule has 1 heterocycles. The molecular weight excluding hydrogens is 410 g/mol. The number of rotatable bonds is 2. The fourth-order valence-electron chi connectivity index (χ4n) is 1.75. The third kappa shape index (κ3) is 3.06. The normalized spacial score (nSPS) is 10.6. The zero-order valence-electron chi connectivity index (χ0n) is 10.5. The number of quaternary nitrogens is 1. The number of pyridine rings is 1. The second kappa shape index (κ2) is 6.26. The van der Waals surface area contributed by atoms with Gasteiger partial charge in [0.2, 0.25) is 5.84 Å². The van der Waals surface area contributed by atoms with Crippen LogP contribution in [-0.4, -0.2) is 17.9 Å². The van der Waals surface area contributed by atoms with Crippen molar-refractivity contribution in [3.8, 4) is 11.1 Å². The number of nitrogens with two attached hydrogens (primary N) is 2. The molecule has 0 spiro atoms. The highest BCUT2D eigenvalue weighted by atomic mass is 127. The SMILES string of the molecule is C[NH2+]C(=N)c1ccc(-c2cc(I)cc(Cl)c2Cl)c(N)n1. The van der Waals surface area contributed by atoms with Gasteiger partial charge in [-0.3, -0.25) is 5.32 Å². The number of nitrogen functional groups attached to an aromatic ring is 2. The average Bonchev–Trinajstić information content (AvgIpc) is 2.42. The molecule has 0 aliphatic carbocycles. The van der Waals surface area contributed by atoms with Crippen molar-refractivity contribution in [2.75, 3.05) is 12.8 Å². The molecular formula is C13H12Cl2IN4+. The van der Waals surface area contributed by atoms with E-state index in [-0.39, 0.29) is 0 Å².